The molecule has 3 nitrogen and oxygen atoms in total. The molecule has 0 aliphatic rings. The Morgan fingerprint density at radius 1 is 1.35 bits per heavy atom. The van der Waals surface area contributed by atoms with Crippen molar-refractivity contribution in [3.63, 3.8) is 0 Å². The molecule has 17 heavy (non-hydrogen) atoms. The average molecular weight is 229 g/mol. The Kier molecular flexibility index (Phi) is 3.29. The molecule has 0 radical (unpaired) electrons. The number of H-pyrrole nitrogens is 1. The summed E-state index contributed by atoms with van der Waals surface area (Å²) in [7, 11) is 0. The van der Waals surface area contributed by atoms with Crippen LogP contribution in [0, 0.1) is 13.8 Å². The minimum absolute atomic E-state index is 0.00509. The van der Waals surface area contributed by atoms with Gasteiger partial charge in [0, 0.05) is 5.56 Å². The van der Waals surface area contributed by atoms with E-state index in [4.69, 9.17) is 5.73 Å². The van der Waals surface area contributed by atoms with Crippen molar-refractivity contribution >= 4 is 0 Å². The van der Waals surface area contributed by atoms with Crippen LogP contribution in [0.25, 0.3) is 11.3 Å². The summed E-state index contributed by atoms with van der Waals surface area (Å²) in [5.41, 5.74) is 10.7. The van der Waals surface area contributed by atoms with Crippen LogP contribution in [0.1, 0.15) is 36.3 Å². The van der Waals surface area contributed by atoms with Crippen LogP contribution in [0.4, 0.5) is 0 Å². The fraction of sp³-hybridized carbons (Fsp3) is 0.357. The first kappa shape index (κ1) is 11.9. The van der Waals surface area contributed by atoms with Gasteiger partial charge in [0.1, 0.15) is 5.82 Å². The molecule has 2 rings (SSSR count). The van der Waals surface area contributed by atoms with Gasteiger partial charge >= 0.3 is 0 Å². The summed E-state index contributed by atoms with van der Waals surface area (Å²) in [6.07, 6.45) is 2.75. The quantitative estimate of drug-likeness (QED) is 0.849. The van der Waals surface area contributed by atoms with Gasteiger partial charge in [-0.1, -0.05) is 30.7 Å². The lowest BCUT2D eigenvalue weighted by molar-refractivity contribution is 0.658. The van der Waals surface area contributed by atoms with Crippen molar-refractivity contribution in [3.8, 4) is 11.3 Å². The van der Waals surface area contributed by atoms with Crippen LogP contribution in [-0.2, 0) is 0 Å². The second-order valence-corrected chi connectivity index (χ2v) is 4.52. The maximum Gasteiger partial charge on any atom is 0.123 e. The van der Waals surface area contributed by atoms with Crippen LogP contribution in [0.15, 0.2) is 24.4 Å². The minimum Gasteiger partial charge on any atom is -0.341 e. The maximum atomic E-state index is 5.95. The summed E-state index contributed by atoms with van der Waals surface area (Å²) in [4.78, 5) is 7.65. The molecule has 3 N–H and O–H groups in total. The first-order valence-corrected chi connectivity index (χ1v) is 6.00. The SMILES string of the molecule is CCC(N)c1ncc(-c2ccc(C)cc2C)[nH]1. The van der Waals surface area contributed by atoms with Crippen LogP contribution < -0.4 is 5.73 Å². The van der Waals surface area contributed by atoms with Gasteiger partial charge in [-0.25, -0.2) is 4.98 Å². The molecular weight excluding hydrogens is 210 g/mol. The lowest BCUT2D eigenvalue weighted by Crippen LogP contribution is -2.10. The molecule has 0 fully saturated rings. The second-order valence-electron chi connectivity index (χ2n) is 4.52. The standard InChI is InChI=1S/C14H19N3/c1-4-12(15)14-16-8-13(17-14)11-6-5-9(2)7-10(11)3/h5-8,12H,4,15H2,1-3H3,(H,16,17). The number of nitrogens with two attached hydrogens (primary N) is 1. The molecule has 0 aliphatic carbocycles. The summed E-state index contributed by atoms with van der Waals surface area (Å²) in [5.74, 6) is 0.863. The molecule has 90 valence electrons. The Morgan fingerprint density at radius 3 is 2.76 bits per heavy atom. The van der Waals surface area contributed by atoms with E-state index in [0.29, 0.717) is 0 Å². The molecule has 1 aromatic carbocycles. The molecule has 0 bridgehead atoms. The Balaban J connectivity index is 2.37. The first-order chi connectivity index (χ1) is 8.11. The highest BCUT2D eigenvalue weighted by Gasteiger charge is 2.10. The molecule has 0 saturated heterocycles. The number of benzene rings is 1. The van der Waals surface area contributed by atoms with E-state index in [-0.39, 0.29) is 6.04 Å². The van der Waals surface area contributed by atoms with Gasteiger partial charge in [0.15, 0.2) is 0 Å². The van der Waals surface area contributed by atoms with E-state index in [1.807, 2.05) is 6.20 Å². The summed E-state index contributed by atoms with van der Waals surface area (Å²) in [5, 5.41) is 0. The minimum atomic E-state index is -0.00509. The molecule has 1 atom stereocenters. The van der Waals surface area contributed by atoms with Gasteiger partial charge < -0.3 is 10.7 Å². The number of hydrogen-bond acceptors (Lipinski definition) is 2. The number of aryl methyl sites for hydroxylation is 2. The molecule has 0 amide bonds. The molecule has 1 unspecified atom stereocenters. The third kappa shape index (κ3) is 2.39. The zero-order chi connectivity index (χ0) is 12.4. The van der Waals surface area contributed by atoms with Crippen LogP contribution in [0.5, 0.6) is 0 Å². The van der Waals surface area contributed by atoms with Gasteiger partial charge in [-0.2, -0.15) is 0 Å². The van der Waals surface area contributed by atoms with Crippen molar-refractivity contribution in [2.45, 2.75) is 33.2 Å². The van der Waals surface area contributed by atoms with Gasteiger partial charge in [0.25, 0.3) is 0 Å². The fourth-order valence-corrected chi connectivity index (χ4v) is 1.97. The van der Waals surface area contributed by atoms with E-state index in [1.165, 1.54) is 16.7 Å². The lowest BCUT2D eigenvalue weighted by atomic mass is 10.0. The monoisotopic (exact) mass is 229 g/mol. The topological polar surface area (TPSA) is 54.7 Å². The molecular formula is C14H19N3. The fourth-order valence-electron chi connectivity index (χ4n) is 1.97. The molecule has 2 aromatic rings. The van der Waals surface area contributed by atoms with Crippen LogP contribution in [0.3, 0.4) is 0 Å². The van der Waals surface area contributed by atoms with Gasteiger partial charge in [0.2, 0.25) is 0 Å². The Hall–Kier alpha value is -1.61. The smallest absolute Gasteiger partial charge is 0.123 e. The number of imidazole rings is 1. The van der Waals surface area contributed by atoms with Gasteiger partial charge in [-0.05, 0) is 25.8 Å². The van der Waals surface area contributed by atoms with E-state index in [1.54, 1.807) is 0 Å². The molecule has 0 spiro atoms. The predicted octanol–water partition coefficient (Wildman–Crippen LogP) is 3.10. The van der Waals surface area contributed by atoms with Crippen molar-refractivity contribution in [3.05, 3.63) is 41.3 Å². The van der Waals surface area contributed by atoms with E-state index in [2.05, 4.69) is 48.9 Å². The van der Waals surface area contributed by atoms with Crippen LogP contribution in [-0.4, -0.2) is 9.97 Å². The lowest BCUT2D eigenvalue weighted by Gasteiger charge is -2.06. The summed E-state index contributed by atoms with van der Waals surface area (Å²) >= 11 is 0. The van der Waals surface area contributed by atoms with Crippen molar-refractivity contribution < 1.29 is 0 Å². The summed E-state index contributed by atoms with van der Waals surface area (Å²) in [6, 6.07) is 6.41. The van der Waals surface area contributed by atoms with Gasteiger partial charge in [-0.3, -0.25) is 0 Å². The number of aromatic nitrogens is 2. The molecule has 3 heteroatoms. The average Bonchev–Trinajstić information content (AvgIpc) is 2.77. The van der Waals surface area contributed by atoms with Crippen molar-refractivity contribution in [2.24, 2.45) is 5.73 Å². The summed E-state index contributed by atoms with van der Waals surface area (Å²) in [6.45, 7) is 6.27. The van der Waals surface area contributed by atoms with Crippen molar-refractivity contribution in [2.75, 3.05) is 0 Å². The molecule has 0 saturated carbocycles. The maximum absolute atomic E-state index is 5.95. The first-order valence-electron chi connectivity index (χ1n) is 6.00. The van der Waals surface area contributed by atoms with Crippen molar-refractivity contribution in [1.29, 1.82) is 0 Å². The zero-order valence-corrected chi connectivity index (χ0v) is 10.6. The highest BCUT2D eigenvalue weighted by Crippen LogP contribution is 2.23. The molecule has 0 aliphatic heterocycles. The number of nitrogens with one attached hydrogen (secondary N) is 1. The number of nitrogens with zero attached hydrogens (tertiary/aromatic N) is 1. The molecule has 1 aromatic heterocycles. The second kappa shape index (κ2) is 4.72. The largest absolute Gasteiger partial charge is 0.341 e. The number of hydrogen-bond donors (Lipinski definition) is 2. The highest BCUT2D eigenvalue weighted by molar-refractivity contribution is 5.63. The van der Waals surface area contributed by atoms with Gasteiger partial charge in [-0.15, -0.1) is 0 Å². The number of rotatable bonds is 3. The zero-order valence-electron chi connectivity index (χ0n) is 10.6. The Bertz CT molecular complexity index is 514. The van der Waals surface area contributed by atoms with E-state index in [0.717, 1.165) is 17.9 Å². The summed E-state index contributed by atoms with van der Waals surface area (Å²) < 4.78 is 0. The normalized spacial score (nSPS) is 12.7. The van der Waals surface area contributed by atoms with Crippen LogP contribution in [0.2, 0.25) is 0 Å². The van der Waals surface area contributed by atoms with Gasteiger partial charge in [0.05, 0.1) is 17.9 Å². The Morgan fingerprint density at radius 2 is 2.12 bits per heavy atom. The van der Waals surface area contributed by atoms with E-state index < -0.39 is 0 Å². The molecule has 1 heterocycles. The van der Waals surface area contributed by atoms with E-state index in [9.17, 15) is 0 Å². The number of aromatic amines is 1. The predicted molar refractivity (Wildman–Crippen MR) is 70.7 cm³/mol. The third-order valence-corrected chi connectivity index (χ3v) is 3.06. The third-order valence-electron chi connectivity index (χ3n) is 3.06. The highest BCUT2D eigenvalue weighted by atomic mass is 15.0. The Labute approximate surface area is 102 Å². The van der Waals surface area contributed by atoms with Crippen LogP contribution >= 0.6 is 0 Å². The van der Waals surface area contributed by atoms with E-state index >= 15 is 0 Å². The van der Waals surface area contributed by atoms with Crippen molar-refractivity contribution in [1.82, 2.24) is 9.97 Å².